The van der Waals surface area contributed by atoms with Gasteiger partial charge in [-0.1, -0.05) is 30.3 Å². The molecule has 0 fully saturated rings. The zero-order valence-electron chi connectivity index (χ0n) is 11.4. The van der Waals surface area contributed by atoms with Gasteiger partial charge < -0.3 is 14.3 Å². The number of ketones is 1. The van der Waals surface area contributed by atoms with Gasteiger partial charge in [-0.15, -0.1) is 0 Å². The summed E-state index contributed by atoms with van der Waals surface area (Å²) in [6.07, 6.45) is 1.33. The van der Waals surface area contributed by atoms with E-state index in [0.717, 1.165) is 18.7 Å². The summed E-state index contributed by atoms with van der Waals surface area (Å²) in [5.41, 5.74) is 1.05. The van der Waals surface area contributed by atoms with E-state index >= 15 is 0 Å². The molecule has 5 nitrogen and oxygen atoms in total. The van der Waals surface area contributed by atoms with Gasteiger partial charge in [0, 0.05) is 12.5 Å². The zero-order chi connectivity index (χ0) is 15.2. The molecule has 0 spiro atoms. The van der Waals surface area contributed by atoms with Crippen molar-refractivity contribution in [1.82, 2.24) is 0 Å². The monoisotopic (exact) mass is 286 g/mol. The van der Waals surface area contributed by atoms with Crippen LogP contribution in [0.5, 0.6) is 0 Å². The Hall–Kier alpha value is -2.82. The SMILES string of the molecule is COC(=O)C(O)=CC(=O)c1ccc(Cc2ccccc2)o1. The highest BCUT2D eigenvalue weighted by Gasteiger charge is 2.14. The largest absolute Gasteiger partial charge is 0.502 e. The van der Waals surface area contributed by atoms with Crippen LogP contribution in [-0.2, 0) is 16.0 Å². The van der Waals surface area contributed by atoms with Crippen LogP contribution >= 0.6 is 0 Å². The topological polar surface area (TPSA) is 76.7 Å². The van der Waals surface area contributed by atoms with Gasteiger partial charge in [0.05, 0.1) is 7.11 Å². The van der Waals surface area contributed by atoms with E-state index in [0.29, 0.717) is 12.2 Å². The fraction of sp³-hybridized carbons (Fsp3) is 0.125. The average molecular weight is 286 g/mol. The molecule has 1 aromatic heterocycles. The Bertz CT molecular complexity index is 667. The first kappa shape index (κ1) is 14.6. The van der Waals surface area contributed by atoms with Crippen molar-refractivity contribution in [2.75, 3.05) is 7.11 Å². The molecule has 0 aliphatic carbocycles. The summed E-state index contributed by atoms with van der Waals surface area (Å²) in [6, 6.07) is 12.8. The van der Waals surface area contributed by atoms with Gasteiger partial charge in [0.25, 0.3) is 0 Å². The first-order valence-electron chi connectivity index (χ1n) is 6.26. The number of allylic oxidation sites excluding steroid dienone is 1. The molecule has 0 amide bonds. The number of ether oxygens (including phenoxy) is 1. The molecule has 2 aromatic rings. The lowest BCUT2D eigenvalue weighted by atomic mass is 10.1. The quantitative estimate of drug-likeness (QED) is 0.396. The number of aliphatic hydroxyl groups excluding tert-OH is 1. The van der Waals surface area contributed by atoms with Crippen LogP contribution in [0.4, 0.5) is 0 Å². The third kappa shape index (κ3) is 3.82. The van der Waals surface area contributed by atoms with Gasteiger partial charge in [-0.25, -0.2) is 4.79 Å². The van der Waals surface area contributed by atoms with Gasteiger partial charge in [0.1, 0.15) is 5.76 Å². The smallest absolute Gasteiger partial charge is 0.373 e. The first-order valence-corrected chi connectivity index (χ1v) is 6.26. The van der Waals surface area contributed by atoms with E-state index in [-0.39, 0.29) is 5.76 Å². The van der Waals surface area contributed by atoms with Crippen molar-refractivity contribution in [2.24, 2.45) is 0 Å². The van der Waals surface area contributed by atoms with Gasteiger partial charge in [-0.2, -0.15) is 0 Å². The summed E-state index contributed by atoms with van der Waals surface area (Å²) in [5, 5.41) is 9.32. The number of aliphatic hydroxyl groups is 1. The molecule has 21 heavy (non-hydrogen) atoms. The molecule has 0 saturated heterocycles. The number of hydrogen-bond acceptors (Lipinski definition) is 5. The Kier molecular flexibility index (Phi) is 4.56. The van der Waals surface area contributed by atoms with Gasteiger partial charge in [0.2, 0.25) is 11.5 Å². The van der Waals surface area contributed by atoms with Gasteiger partial charge in [-0.05, 0) is 17.7 Å². The van der Waals surface area contributed by atoms with Gasteiger partial charge in [0.15, 0.2) is 5.76 Å². The summed E-state index contributed by atoms with van der Waals surface area (Å²) in [5.74, 6) is -1.66. The lowest BCUT2D eigenvalue weighted by Crippen LogP contribution is -2.06. The average Bonchev–Trinajstić information content (AvgIpc) is 2.96. The van der Waals surface area contributed by atoms with Crippen LogP contribution in [-0.4, -0.2) is 24.0 Å². The molecule has 5 heteroatoms. The van der Waals surface area contributed by atoms with E-state index in [1.165, 1.54) is 6.07 Å². The second-order valence-electron chi connectivity index (χ2n) is 4.31. The maximum atomic E-state index is 11.8. The van der Waals surface area contributed by atoms with Crippen molar-refractivity contribution in [1.29, 1.82) is 0 Å². The Morgan fingerprint density at radius 1 is 1.19 bits per heavy atom. The van der Waals surface area contributed by atoms with E-state index in [1.54, 1.807) is 6.07 Å². The Morgan fingerprint density at radius 3 is 2.57 bits per heavy atom. The molecule has 0 unspecified atom stereocenters. The van der Waals surface area contributed by atoms with E-state index < -0.39 is 17.5 Å². The number of esters is 1. The van der Waals surface area contributed by atoms with E-state index in [4.69, 9.17) is 4.42 Å². The lowest BCUT2D eigenvalue weighted by molar-refractivity contribution is -0.139. The highest BCUT2D eigenvalue weighted by atomic mass is 16.5. The normalized spacial score (nSPS) is 11.2. The summed E-state index contributed by atoms with van der Waals surface area (Å²) in [6.45, 7) is 0. The van der Waals surface area contributed by atoms with Crippen molar-refractivity contribution in [3.8, 4) is 0 Å². The molecule has 1 aromatic carbocycles. The summed E-state index contributed by atoms with van der Waals surface area (Å²) in [4.78, 5) is 22.8. The molecule has 0 radical (unpaired) electrons. The molecular weight excluding hydrogens is 272 g/mol. The lowest BCUT2D eigenvalue weighted by Gasteiger charge is -1.98. The van der Waals surface area contributed by atoms with E-state index in [1.807, 2.05) is 30.3 Å². The predicted molar refractivity (Wildman–Crippen MR) is 75.0 cm³/mol. The zero-order valence-corrected chi connectivity index (χ0v) is 11.4. The van der Waals surface area contributed by atoms with Crippen LogP contribution < -0.4 is 0 Å². The molecule has 0 atom stereocenters. The van der Waals surface area contributed by atoms with Crippen LogP contribution in [0.2, 0.25) is 0 Å². The van der Waals surface area contributed by atoms with E-state index in [2.05, 4.69) is 4.74 Å². The fourth-order valence-electron chi connectivity index (χ4n) is 1.76. The molecule has 1 heterocycles. The second kappa shape index (κ2) is 6.56. The highest BCUT2D eigenvalue weighted by Crippen LogP contribution is 2.14. The number of carbonyl (C=O) groups is 2. The highest BCUT2D eigenvalue weighted by molar-refractivity contribution is 6.06. The number of benzene rings is 1. The molecule has 2 rings (SSSR count). The van der Waals surface area contributed by atoms with Crippen LogP contribution in [0, 0.1) is 0 Å². The van der Waals surface area contributed by atoms with Crippen molar-refractivity contribution in [3.05, 3.63) is 71.4 Å². The standard InChI is InChI=1S/C16H14O5/c1-20-16(19)14(18)10-13(17)15-8-7-12(21-15)9-11-5-3-2-4-6-11/h2-8,10,18H,9H2,1H3. The molecule has 108 valence electrons. The molecule has 0 bridgehead atoms. The Morgan fingerprint density at radius 2 is 1.90 bits per heavy atom. The molecule has 0 saturated carbocycles. The third-order valence-electron chi connectivity index (χ3n) is 2.79. The summed E-state index contributed by atoms with van der Waals surface area (Å²) in [7, 11) is 1.11. The third-order valence-corrected chi connectivity index (χ3v) is 2.79. The number of hydrogen-bond donors (Lipinski definition) is 1. The minimum Gasteiger partial charge on any atom is -0.502 e. The van der Waals surface area contributed by atoms with Crippen LogP contribution in [0.25, 0.3) is 0 Å². The van der Waals surface area contributed by atoms with Crippen molar-refractivity contribution >= 4 is 11.8 Å². The first-order chi connectivity index (χ1) is 10.1. The molecule has 0 aliphatic heterocycles. The minimum absolute atomic E-state index is 0.0522. The summed E-state index contributed by atoms with van der Waals surface area (Å²) < 4.78 is 9.70. The Balaban J connectivity index is 2.09. The van der Waals surface area contributed by atoms with Crippen LogP contribution in [0.1, 0.15) is 21.9 Å². The molecular formula is C16H14O5. The van der Waals surface area contributed by atoms with Crippen molar-refractivity contribution in [2.45, 2.75) is 6.42 Å². The number of methoxy groups -OCH3 is 1. The second-order valence-corrected chi connectivity index (χ2v) is 4.31. The van der Waals surface area contributed by atoms with Crippen LogP contribution in [0.3, 0.4) is 0 Å². The maximum absolute atomic E-state index is 11.8. The Labute approximate surface area is 121 Å². The number of carbonyl (C=O) groups excluding carboxylic acids is 2. The summed E-state index contributed by atoms with van der Waals surface area (Å²) >= 11 is 0. The number of rotatable bonds is 5. The van der Waals surface area contributed by atoms with Gasteiger partial charge in [-0.3, -0.25) is 4.79 Å². The fourth-order valence-corrected chi connectivity index (χ4v) is 1.76. The van der Waals surface area contributed by atoms with Crippen molar-refractivity contribution < 1.29 is 23.8 Å². The maximum Gasteiger partial charge on any atom is 0.373 e. The van der Waals surface area contributed by atoms with Crippen LogP contribution in [0.15, 0.2) is 58.7 Å². The van der Waals surface area contributed by atoms with Crippen molar-refractivity contribution in [3.63, 3.8) is 0 Å². The van der Waals surface area contributed by atoms with Gasteiger partial charge >= 0.3 is 5.97 Å². The number of furan rings is 1. The van der Waals surface area contributed by atoms with E-state index in [9.17, 15) is 14.7 Å². The molecule has 1 N–H and O–H groups in total. The molecule has 0 aliphatic rings. The minimum atomic E-state index is -0.973. The predicted octanol–water partition coefficient (Wildman–Crippen LogP) is 2.67.